The van der Waals surface area contributed by atoms with Crippen molar-refractivity contribution in [1.29, 1.82) is 0 Å². The second kappa shape index (κ2) is 5.27. The van der Waals surface area contributed by atoms with Gasteiger partial charge in [-0.2, -0.15) is 0 Å². The number of likely N-dealkylation sites (tertiary alicyclic amines) is 1. The SMILES string of the molecule is CC(N)C1CCN(C2CCC(C)(C)CC2)CC1. The number of nitrogens with zero attached hydrogens (tertiary/aromatic N) is 1. The molecule has 100 valence electrons. The Hall–Kier alpha value is -0.0800. The van der Waals surface area contributed by atoms with Gasteiger partial charge in [-0.15, -0.1) is 0 Å². The Morgan fingerprint density at radius 2 is 1.59 bits per heavy atom. The van der Waals surface area contributed by atoms with E-state index in [9.17, 15) is 0 Å². The Bertz CT molecular complexity index is 229. The lowest BCUT2D eigenvalue weighted by Gasteiger charge is -2.43. The maximum atomic E-state index is 6.01. The molecule has 2 aliphatic rings. The summed E-state index contributed by atoms with van der Waals surface area (Å²) in [4.78, 5) is 2.74. The molecule has 0 radical (unpaired) electrons. The van der Waals surface area contributed by atoms with E-state index in [-0.39, 0.29) is 0 Å². The highest BCUT2D eigenvalue weighted by Crippen LogP contribution is 2.37. The molecule has 1 unspecified atom stereocenters. The van der Waals surface area contributed by atoms with Gasteiger partial charge in [0.05, 0.1) is 0 Å². The average Bonchev–Trinajstić information content (AvgIpc) is 2.29. The average molecular weight is 238 g/mol. The third-order valence-corrected chi connectivity index (χ3v) is 5.14. The van der Waals surface area contributed by atoms with Gasteiger partial charge in [-0.25, -0.2) is 0 Å². The van der Waals surface area contributed by atoms with Crippen molar-refractivity contribution in [2.75, 3.05) is 13.1 Å². The zero-order valence-corrected chi connectivity index (χ0v) is 11.9. The molecule has 0 bridgehead atoms. The number of hydrogen-bond donors (Lipinski definition) is 1. The molecular weight excluding hydrogens is 208 g/mol. The molecule has 1 atom stereocenters. The molecule has 2 heteroatoms. The van der Waals surface area contributed by atoms with Crippen molar-refractivity contribution >= 4 is 0 Å². The molecule has 1 saturated carbocycles. The quantitative estimate of drug-likeness (QED) is 0.801. The van der Waals surface area contributed by atoms with Gasteiger partial charge in [0, 0.05) is 12.1 Å². The van der Waals surface area contributed by atoms with Crippen molar-refractivity contribution in [3.63, 3.8) is 0 Å². The molecule has 0 amide bonds. The molecule has 0 aromatic carbocycles. The maximum Gasteiger partial charge on any atom is 0.00956 e. The molecule has 2 fully saturated rings. The molecule has 2 N–H and O–H groups in total. The number of piperidine rings is 1. The first-order chi connectivity index (χ1) is 7.98. The standard InChI is InChI=1S/C15H30N2/c1-12(16)13-6-10-17(11-7-13)14-4-8-15(2,3)9-5-14/h12-14H,4-11,16H2,1-3H3. The van der Waals surface area contributed by atoms with E-state index in [2.05, 4.69) is 25.7 Å². The van der Waals surface area contributed by atoms with Crippen LogP contribution in [0, 0.1) is 11.3 Å². The van der Waals surface area contributed by atoms with Crippen LogP contribution in [0.3, 0.4) is 0 Å². The van der Waals surface area contributed by atoms with Crippen molar-refractivity contribution in [3.8, 4) is 0 Å². The lowest BCUT2D eigenvalue weighted by atomic mass is 9.75. The molecule has 1 heterocycles. The largest absolute Gasteiger partial charge is 0.328 e. The van der Waals surface area contributed by atoms with Crippen LogP contribution in [0.2, 0.25) is 0 Å². The van der Waals surface area contributed by atoms with Gasteiger partial charge in [-0.3, -0.25) is 0 Å². The van der Waals surface area contributed by atoms with Crippen LogP contribution in [0.25, 0.3) is 0 Å². The van der Waals surface area contributed by atoms with E-state index in [0.717, 1.165) is 12.0 Å². The molecule has 1 aliphatic heterocycles. The minimum absolute atomic E-state index is 0.391. The Kier molecular flexibility index (Phi) is 4.14. The predicted octanol–water partition coefficient (Wildman–Crippen LogP) is 3.01. The summed E-state index contributed by atoms with van der Waals surface area (Å²) in [6.45, 7) is 9.59. The van der Waals surface area contributed by atoms with Gasteiger partial charge < -0.3 is 10.6 Å². The zero-order chi connectivity index (χ0) is 12.5. The summed E-state index contributed by atoms with van der Waals surface area (Å²) in [7, 11) is 0. The smallest absolute Gasteiger partial charge is 0.00956 e. The molecule has 0 aromatic heterocycles. The van der Waals surface area contributed by atoms with Crippen LogP contribution in [-0.4, -0.2) is 30.1 Å². The second-order valence-corrected chi connectivity index (χ2v) is 7.13. The Morgan fingerprint density at radius 1 is 1.06 bits per heavy atom. The van der Waals surface area contributed by atoms with Crippen LogP contribution < -0.4 is 5.73 Å². The highest BCUT2D eigenvalue weighted by atomic mass is 15.2. The molecule has 17 heavy (non-hydrogen) atoms. The minimum atomic E-state index is 0.391. The minimum Gasteiger partial charge on any atom is -0.328 e. The summed E-state index contributed by atoms with van der Waals surface area (Å²) >= 11 is 0. The van der Waals surface area contributed by atoms with Crippen LogP contribution in [0.5, 0.6) is 0 Å². The van der Waals surface area contributed by atoms with Gasteiger partial charge in [0.25, 0.3) is 0 Å². The van der Waals surface area contributed by atoms with Crippen LogP contribution in [0.15, 0.2) is 0 Å². The van der Waals surface area contributed by atoms with Gasteiger partial charge in [0.15, 0.2) is 0 Å². The van der Waals surface area contributed by atoms with Gasteiger partial charge in [0.1, 0.15) is 0 Å². The summed E-state index contributed by atoms with van der Waals surface area (Å²) in [6.07, 6.45) is 8.27. The third kappa shape index (κ3) is 3.45. The first-order valence-corrected chi connectivity index (χ1v) is 7.47. The van der Waals surface area contributed by atoms with E-state index in [1.165, 1.54) is 51.6 Å². The van der Waals surface area contributed by atoms with Gasteiger partial charge in [-0.1, -0.05) is 13.8 Å². The summed E-state index contributed by atoms with van der Waals surface area (Å²) in [5.74, 6) is 0.770. The predicted molar refractivity (Wildman–Crippen MR) is 74.0 cm³/mol. The van der Waals surface area contributed by atoms with E-state index in [1.807, 2.05) is 0 Å². The zero-order valence-electron chi connectivity index (χ0n) is 11.9. The van der Waals surface area contributed by atoms with E-state index in [4.69, 9.17) is 5.73 Å². The highest BCUT2D eigenvalue weighted by molar-refractivity contribution is 4.87. The van der Waals surface area contributed by atoms with Gasteiger partial charge in [-0.05, 0) is 69.9 Å². The van der Waals surface area contributed by atoms with Crippen LogP contribution >= 0.6 is 0 Å². The summed E-state index contributed by atoms with van der Waals surface area (Å²) in [5.41, 5.74) is 6.61. The Morgan fingerprint density at radius 3 is 2.06 bits per heavy atom. The Balaban J connectivity index is 1.78. The molecule has 2 nitrogen and oxygen atoms in total. The lowest BCUT2D eigenvalue weighted by Crippen LogP contribution is -2.46. The first kappa shape index (κ1) is 13.4. The third-order valence-electron chi connectivity index (χ3n) is 5.14. The fraction of sp³-hybridized carbons (Fsp3) is 1.00. The summed E-state index contributed by atoms with van der Waals surface area (Å²) in [5, 5.41) is 0. The summed E-state index contributed by atoms with van der Waals surface area (Å²) in [6, 6.07) is 1.26. The van der Waals surface area contributed by atoms with E-state index >= 15 is 0 Å². The number of rotatable bonds is 2. The van der Waals surface area contributed by atoms with Crippen molar-refractivity contribution in [1.82, 2.24) is 4.90 Å². The van der Waals surface area contributed by atoms with Gasteiger partial charge in [0.2, 0.25) is 0 Å². The van der Waals surface area contributed by atoms with E-state index < -0.39 is 0 Å². The van der Waals surface area contributed by atoms with Crippen LogP contribution in [-0.2, 0) is 0 Å². The molecule has 0 spiro atoms. The lowest BCUT2D eigenvalue weighted by molar-refractivity contribution is 0.0722. The fourth-order valence-electron chi connectivity index (χ4n) is 3.56. The number of nitrogens with two attached hydrogens (primary N) is 1. The van der Waals surface area contributed by atoms with Crippen LogP contribution in [0.1, 0.15) is 59.3 Å². The molecule has 2 rings (SSSR count). The van der Waals surface area contributed by atoms with Gasteiger partial charge >= 0.3 is 0 Å². The fourth-order valence-corrected chi connectivity index (χ4v) is 3.56. The monoisotopic (exact) mass is 238 g/mol. The van der Waals surface area contributed by atoms with Crippen molar-refractivity contribution in [3.05, 3.63) is 0 Å². The van der Waals surface area contributed by atoms with Crippen molar-refractivity contribution in [2.45, 2.75) is 71.4 Å². The molecule has 0 aromatic rings. The first-order valence-electron chi connectivity index (χ1n) is 7.47. The second-order valence-electron chi connectivity index (χ2n) is 7.13. The topological polar surface area (TPSA) is 29.3 Å². The van der Waals surface area contributed by atoms with Crippen molar-refractivity contribution in [2.24, 2.45) is 17.1 Å². The highest BCUT2D eigenvalue weighted by Gasteiger charge is 2.32. The van der Waals surface area contributed by atoms with E-state index in [1.54, 1.807) is 0 Å². The number of hydrogen-bond acceptors (Lipinski definition) is 2. The molecule has 1 saturated heterocycles. The van der Waals surface area contributed by atoms with Crippen molar-refractivity contribution < 1.29 is 0 Å². The van der Waals surface area contributed by atoms with E-state index in [0.29, 0.717) is 11.5 Å². The van der Waals surface area contributed by atoms with Crippen LogP contribution in [0.4, 0.5) is 0 Å². The normalized spacial score (nSPS) is 30.4. The maximum absolute atomic E-state index is 6.01. The summed E-state index contributed by atoms with van der Waals surface area (Å²) < 4.78 is 0. The Labute approximate surface area is 107 Å². The molecular formula is C15H30N2. The molecule has 1 aliphatic carbocycles.